The number of carbonyl (C=O) groups is 11. The van der Waals surface area contributed by atoms with Crippen LogP contribution in [0.2, 0.25) is 0 Å². The van der Waals surface area contributed by atoms with Crippen molar-refractivity contribution in [2.24, 2.45) is 11.7 Å². The van der Waals surface area contributed by atoms with Gasteiger partial charge in [0.15, 0.2) is 0 Å². The number of rotatable bonds is 33. The van der Waals surface area contributed by atoms with E-state index in [1.165, 1.54) is 6.92 Å². The van der Waals surface area contributed by atoms with Crippen LogP contribution in [0.5, 0.6) is 0 Å². The maximum Gasteiger partial charge on any atom is 0.326 e. The van der Waals surface area contributed by atoms with Crippen LogP contribution in [0.4, 0.5) is 0 Å². The quantitative estimate of drug-likeness (QED) is 0.0233. The Bertz CT molecular complexity index is 1970. The van der Waals surface area contributed by atoms with Gasteiger partial charge in [0, 0.05) is 12.8 Å². The van der Waals surface area contributed by atoms with Crippen molar-refractivity contribution in [3.63, 3.8) is 0 Å². The summed E-state index contributed by atoms with van der Waals surface area (Å²) in [6, 6.07) is -4.46. The van der Waals surface area contributed by atoms with E-state index in [0.717, 1.165) is 6.54 Å². The van der Waals surface area contributed by atoms with E-state index in [9.17, 15) is 78.3 Å². The Morgan fingerprint density at radius 2 is 1.07 bits per heavy atom. The van der Waals surface area contributed by atoms with Crippen LogP contribution in [-0.2, 0) is 59.2 Å². The van der Waals surface area contributed by atoms with Crippen LogP contribution >= 0.6 is 0 Å². The van der Waals surface area contributed by atoms with Gasteiger partial charge in [0.1, 0.15) is 48.3 Å². The molecule has 15 N–H and O–H groups in total. The Hall–Kier alpha value is -6.77. The van der Waals surface area contributed by atoms with Crippen molar-refractivity contribution < 1.29 is 82.8 Å². The summed E-state index contributed by atoms with van der Waals surface area (Å²) in [7, 11) is 5.87. The van der Waals surface area contributed by atoms with Crippen LogP contribution in [0.1, 0.15) is 71.3 Å². The molecule has 0 saturated carbocycles. The van der Waals surface area contributed by atoms with E-state index in [2.05, 4.69) is 42.5 Å². The van der Waals surface area contributed by atoms with E-state index in [0.29, 0.717) is 22.9 Å². The van der Waals surface area contributed by atoms with Gasteiger partial charge in [-0.15, -0.1) is 0 Å². The average Bonchev–Trinajstić information content (AvgIpc) is 3.29. The van der Waals surface area contributed by atoms with Gasteiger partial charge in [-0.05, 0) is 44.1 Å². The number of aliphatic carboxylic acids is 3. The number of carboxylic acids is 3. The first-order chi connectivity index (χ1) is 32.8. The Morgan fingerprint density at radius 1 is 0.571 bits per heavy atom. The molecule has 0 radical (unpaired) electrons. The predicted molar refractivity (Wildman–Crippen MR) is 247 cm³/mol. The Morgan fingerprint density at radius 3 is 1.60 bits per heavy atom. The van der Waals surface area contributed by atoms with Gasteiger partial charge in [0.2, 0.25) is 47.3 Å². The van der Waals surface area contributed by atoms with E-state index in [-0.39, 0.29) is 19.3 Å². The molecule has 0 heterocycles. The van der Waals surface area contributed by atoms with Crippen LogP contribution < -0.4 is 48.3 Å². The molecule has 0 spiro atoms. The minimum Gasteiger partial charge on any atom is -0.481 e. The van der Waals surface area contributed by atoms with E-state index in [1.54, 1.807) is 44.2 Å². The summed E-state index contributed by atoms with van der Waals surface area (Å²) in [6.07, 6.45) is -1.05. The minimum absolute atomic E-state index is 0.0243. The molecule has 0 fully saturated rings. The summed E-state index contributed by atoms with van der Waals surface area (Å²) in [5, 5.41) is 67.0. The predicted octanol–water partition coefficient (Wildman–Crippen LogP) is -4.58. The molecule has 0 aliphatic heterocycles. The summed E-state index contributed by atoms with van der Waals surface area (Å²) in [5.74, 6) is -13.2. The second-order valence-corrected chi connectivity index (χ2v) is 17.7. The van der Waals surface area contributed by atoms with Gasteiger partial charge in [0.05, 0.1) is 53.9 Å². The van der Waals surface area contributed by atoms with Gasteiger partial charge >= 0.3 is 17.9 Å². The first-order valence-electron chi connectivity index (χ1n) is 22.6. The molecule has 8 amide bonds. The van der Waals surface area contributed by atoms with Crippen LogP contribution in [0.15, 0.2) is 30.3 Å². The largest absolute Gasteiger partial charge is 0.481 e. The second kappa shape index (κ2) is 30.7. The fourth-order valence-corrected chi connectivity index (χ4v) is 6.52. The van der Waals surface area contributed by atoms with Crippen LogP contribution in [0, 0.1) is 5.92 Å². The lowest BCUT2D eigenvalue weighted by molar-refractivity contribution is -0.870. The van der Waals surface area contributed by atoms with Gasteiger partial charge in [-0.25, -0.2) is 4.79 Å². The van der Waals surface area contributed by atoms with Gasteiger partial charge in [0.25, 0.3) is 0 Å². The molecule has 0 aliphatic carbocycles. The summed E-state index contributed by atoms with van der Waals surface area (Å²) >= 11 is 0. The number of nitrogens with one attached hydrogen (secondary N) is 8. The third kappa shape index (κ3) is 23.0. The molecule has 1 aromatic rings. The number of quaternary nitrogens is 1. The van der Waals surface area contributed by atoms with Crippen molar-refractivity contribution >= 4 is 65.2 Å². The van der Waals surface area contributed by atoms with Gasteiger partial charge in [-0.3, -0.25) is 47.9 Å². The van der Waals surface area contributed by atoms with E-state index < -0.39 is 158 Å². The SMILES string of the molecule is CC[C@H](C)[C@H](NC(=O)[C@H](C)NC(=O)[C@H](CO)NC(=O)[C@H](CCC(=O)O)NC(=O)[C@H](Cc1ccccc1)NC(=O)[C@H](CO)NC(=O)CN)C(=O)N[C@@H](CC(=O)O)C(=O)N[C@@H](CCCC[N+](C)(C)C)C(=O)O. The number of benzene rings is 1. The van der Waals surface area contributed by atoms with E-state index in [4.69, 9.17) is 5.73 Å². The lowest BCUT2D eigenvalue weighted by Gasteiger charge is -2.28. The topological polar surface area (TPSA) is 411 Å². The Balaban J connectivity index is 3.23. The van der Waals surface area contributed by atoms with Crippen molar-refractivity contribution in [3.05, 3.63) is 35.9 Å². The lowest BCUT2D eigenvalue weighted by atomic mass is 9.97. The standard InChI is InChI=1S/C44H70N10O16/c1-7-24(2)36(43(68)51-30(20-35(60)61)40(65)49-28(44(69)70)15-11-12-18-54(4,5)6)53-37(62)25(3)46-41(66)32(23-56)52-38(63)27(16-17-34(58)59)48-39(64)29(19-26-13-9-8-10-14-26)50-42(67)31(22-55)47-33(57)21-45/h8-10,13-14,24-25,27-32,36,55-56H,7,11-12,15-23,45H2,1-6H3,(H10-,46,47,48,49,50,51,52,53,57,58,59,60,61,62,63,64,65,66,67,68,69,70)/p+1/t24-,25-,27-,28-,29-,30-,31-,32-,36-/m0/s1. The summed E-state index contributed by atoms with van der Waals surface area (Å²) < 4.78 is 0.622. The number of nitrogens with two attached hydrogens (primary N) is 1. The molecule has 9 atom stereocenters. The number of nitrogens with zero attached hydrogens (tertiary/aromatic N) is 1. The number of hydrogen-bond donors (Lipinski definition) is 14. The smallest absolute Gasteiger partial charge is 0.326 e. The lowest BCUT2D eigenvalue weighted by Crippen LogP contribution is -2.61. The van der Waals surface area contributed by atoms with Crippen molar-refractivity contribution in [1.82, 2.24) is 42.5 Å². The van der Waals surface area contributed by atoms with Gasteiger partial charge < -0.3 is 78.3 Å². The first-order valence-corrected chi connectivity index (χ1v) is 22.6. The minimum atomic E-state index is -1.82. The van der Waals surface area contributed by atoms with Crippen molar-refractivity contribution in [2.75, 3.05) is 47.4 Å². The molecular formula is C44H71N10O16+. The number of carbonyl (C=O) groups excluding carboxylic acids is 8. The molecule has 1 rings (SSSR count). The normalized spacial score (nSPS) is 15.0. The zero-order chi connectivity index (χ0) is 53.3. The highest BCUT2D eigenvalue weighted by atomic mass is 16.4. The molecule has 26 heteroatoms. The molecule has 26 nitrogen and oxygen atoms in total. The third-order valence-electron chi connectivity index (χ3n) is 10.8. The van der Waals surface area contributed by atoms with E-state index in [1.807, 2.05) is 21.1 Å². The molecule has 70 heavy (non-hydrogen) atoms. The molecule has 0 aliphatic rings. The van der Waals surface area contributed by atoms with Crippen LogP contribution in [0.3, 0.4) is 0 Å². The highest BCUT2D eigenvalue weighted by Gasteiger charge is 2.36. The number of unbranched alkanes of at least 4 members (excludes halogenated alkanes) is 1. The highest BCUT2D eigenvalue weighted by Crippen LogP contribution is 2.12. The van der Waals surface area contributed by atoms with Crippen LogP contribution in [0.25, 0.3) is 0 Å². The average molecular weight is 996 g/mol. The van der Waals surface area contributed by atoms with Crippen molar-refractivity contribution in [3.8, 4) is 0 Å². The maximum absolute atomic E-state index is 13.7. The summed E-state index contributed by atoms with van der Waals surface area (Å²) in [5.41, 5.74) is 5.80. The fraction of sp³-hybridized carbons (Fsp3) is 0.614. The summed E-state index contributed by atoms with van der Waals surface area (Å²) in [4.78, 5) is 141. The molecule has 0 aromatic heterocycles. The zero-order valence-corrected chi connectivity index (χ0v) is 40.3. The molecular weight excluding hydrogens is 925 g/mol. The molecule has 0 saturated heterocycles. The first kappa shape index (κ1) is 61.2. The monoisotopic (exact) mass is 996 g/mol. The molecule has 1 aromatic carbocycles. The van der Waals surface area contributed by atoms with Crippen molar-refractivity contribution in [2.45, 2.75) is 120 Å². The fourth-order valence-electron chi connectivity index (χ4n) is 6.52. The third-order valence-corrected chi connectivity index (χ3v) is 10.8. The molecule has 0 unspecified atom stereocenters. The second-order valence-electron chi connectivity index (χ2n) is 17.7. The number of aliphatic hydroxyl groups excluding tert-OH is 2. The van der Waals surface area contributed by atoms with Crippen LogP contribution in [-0.4, -0.2) is 191 Å². The Labute approximate surface area is 405 Å². The summed E-state index contributed by atoms with van der Waals surface area (Å²) in [6.45, 7) is 2.63. The maximum atomic E-state index is 13.7. The van der Waals surface area contributed by atoms with Crippen molar-refractivity contribution in [1.29, 1.82) is 0 Å². The zero-order valence-electron chi connectivity index (χ0n) is 40.3. The van der Waals surface area contributed by atoms with Gasteiger partial charge in [-0.1, -0.05) is 50.6 Å². The number of carboxylic acid groups (broad SMARTS) is 3. The van der Waals surface area contributed by atoms with Gasteiger partial charge in [-0.2, -0.15) is 0 Å². The molecule has 0 bridgehead atoms. The Kier molecular flexibility index (Phi) is 26.8. The molecule has 392 valence electrons. The number of aliphatic hydroxyl groups is 2. The van der Waals surface area contributed by atoms with E-state index >= 15 is 0 Å². The number of amides is 8. The number of hydrogen-bond acceptors (Lipinski definition) is 14. The highest BCUT2D eigenvalue weighted by molar-refractivity contribution is 5.98.